The van der Waals surface area contributed by atoms with Crippen LogP contribution in [0.4, 0.5) is 9.52 Å². The number of carbonyl (C=O) groups is 2. The number of carbonyl (C=O) groups excluding carboxylic acids is 2. The number of fused-ring (bicyclic) bond motifs is 1. The van der Waals surface area contributed by atoms with Crippen molar-refractivity contribution >= 4 is 44.1 Å². The maximum atomic E-state index is 13.8. The van der Waals surface area contributed by atoms with E-state index < -0.39 is 23.5 Å². The van der Waals surface area contributed by atoms with Crippen molar-refractivity contribution in [3.05, 3.63) is 83.2 Å². The van der Waals surface area contributed by atoms with Crippen molar-refractivity contribution in [2.24, 2.45) is 0 Å². The van der Waals surface area contributed by atoms with Gasteiger partial charge in [-0.3, -0.25) is 14.5 Å². The van der Waals surface area contributed by atoms with E-state index in [0.717, 1.165) is 11.3 Å². The van der Waals surface area contributed by atoms with Crippen LogP contribution in [0, 0.1) is 5.82 Å². The number of thiazole rings is 1. The molecule has 0 radical (unpaired) electrons. The summed E-state index contributed by atoms with van der Waals surface area (Å²) in [6, 6.07) is 14.5. The quantitative estimate of drug-likeness (QED) is 0.215. The number of methoxy groups -OCH3 is 3. The number of anilines is 1. The summed E-state index contributed by atoms with van der Waals surface area (Å²) < 4.78 is 30.4. The van der Waals surface area contributed by atoms with Gasteiger partial charge in [0.25, 0.3) is 5.78 Å². The minimum Gasteiger partial charge on any atom is -0.507 e. The van der Waals surface area contributed by atoms with Gasteiger partial charge in [-0.2, -0.15) is 0 Å². The minimum atomic E-state index is -1.04. The molecule has 0 aliphatic carbocycles. The van der Waals surface area contributed by atoms with Crippen LogP contribution in [0.15, 0.2) is 66.2 Å². The average Bonchev–Trinajstić information content (AvgIpc) is 3.45. The van der Waals surface area contributed by atoms with Crippen LogP contribution in [-0.4, -0.2) is 43.1 Å². The summed E-state index contributed by atoms with van der Waals surface area (Å²) in [5.74, 6) is -1.28. The molecular formula is C27H21FN2O6S. The largest absolute Gasteiger partial charge is 0.507 e. The van der Waals surface area contributed by atoms with E-state index in [1.807, 2.05) is 0 Å². The Hall–Kier alpha value is -4.44. The van der Waals surface area contributed by atoms with Gasteiger partial charge in [0.15, 0.2) is 16.6 Å². The van der Waals surface area contributed by atoms with E-state index in [-0.39, 0.29) is 16.5 Å². The SMILES string of the molecule is COc1cccc(/C(O)=C2\C(=O)C(=O)N(c3nc4ccc(F)cc4s3)C2c2ccc(OC)c(OC)c2)c1. The molecule has 1 N–H and O–H groups in total. The van der Waals surface area contributed by atoms with Gasteiger partial charge in [0.1, 0.15) is 17.3 Å². The van der Waals surface area contributed by atoms with E-state index in [9.17, 15) is 19.1 Å². The minimum absolute atomic E-state index is 0.129. The van der Waals surface area contributed by atoms with E-state index in [1.54, 1.807) is 42.5 Å². The second-order valence-electron chi connectivity index (χ2n) is 8.12. The highest BCUT2D eigenvalue weighted by atomic mass is 32.1. The Morgan fingerprint density at radius 1 is 0.973 bits per heavy atom. The van der Waals surface area contributed by atoms with Crippen LogP contribution in [0.2, 0.25) is 0 Å². The fourth-order valence-corrected chi connectivity index (χ4v) is 5.30. The summed E-state index contributed by atoms with van der Waals surface area (Å²) in [4.78, 5) is 32.5. The standard InChI is InChI=1S/C27H21FN2O6S/c1-34-17-6-4-5-15(11-17)24(31)22-23(14-7-10-19(35-2)20(12-14)36-3)30(26(33)25(22)32)27-29-18-9-8-16(28)13-21(18)37-27/h4-13,23,31H,1-3H3/b24-22+. The first kappa shape index (κ1) is 24.3. The summed E-state index contributed by atoms with van der Waals surface area (Å²) in [7, 11) is 4.45. The van der Waals surface area contributed by atoms with Crippen LogP contribution in [-0.2, 0) is 9.59 Å². The molecule has 1 aromatic heterocycles. The second kappa shape index (κ2) is 9.55. The van der Waals surface area contributed by atoms with E-state index in [2.05, 4.69) is 4.98 Å². The number of ether oxygens (including phenoxy) is 3. The zero-order valence-electron chi connectivity index (χ0n) is 20.0. The van der Waals surface area contributed by atoms with Gasteiger partial charge in [-0.15, -0.1) is 0 Å². The Morgan fingerprint density at radius 2 is 1.76 bits per heavy atom. The van der Waals surface area contributed by atoms with Crippen LogP contribution < -0.4 is 19.1 Å². The molecule has 0 bridgehead atoms. The molecule has 37 heavy (non-hydrogen) atoms. The first-order valence-electron chi connectivity index (χ1n) is 11.1. The number of hydrogen-bond donors (Lipinski definition) is 1. The summed E-state index contributed by atoms with van der Waals surface area (Å²) in [6.45, 7) is 0. The van der Waals surface area contributed by atoms with Crippen LogP contribution in [0.3, 0.4) is 0 Å². The summed E-state index contributed by atoms with van der Waals surface area (Å²) in [5.41, 5.74) is 1.12. The molecule has 0 spiro atoms. The smallest absolute Gasteiger partial charge is 0.301 e. The fourth-order valence-electron chi connectivity index (χ4n) is 4.28. The van der Waals surface area contributed by atoms with Crippen LogP contribution in [0.5, 0.6) is 17.2 Å². The number of ketones is 1. The van der Waals surface area contributed by atoms with Gasteiger partial charge in [-0.05, 0) is 48.0 Å². The Morgan fingerprint density at radius 3 is 2.49 bits per heavy atom. The Kier molecular flexibility index (Phi) is 6.26. The molecular weight excluding hydrogens is 499 g/mol. The average molecular weight is 521 g/mol. The topological polar surface area (TPSA) is 98.2 Å². The maximum absolute atomic E-state index is 13.8. The van der Waals surface area contributed by atoms with Crippen molar-refractivity contribution in [2.45, 2.75) is 6.04 Å². The summed E-state index contributed by atoms with van der Waals surface area (Å²) in [6.07, 6.45) is 0. The lowest BCUT2D eigenvalue weighted by Gasteiger charge is -2.23. The van der Waals surface area contributed by atoms with Crippen molar-refractivity contribution in [1.82, 2.24) is 4.98 Å². The Labute approximate surface area is 215 Å². The van der Waals surface area contributed by atoms with Gasteiger partial charge in [0.2, 0.25) is 0 Å². The van der Waals surface area contributed by atoms with E-state index in [4.69, 9.17) is 14.2 Å². The van der Waals surface area contributed by atoms with Crippen LogP contribution in [0.1, 0.15) is 17.2 Å². The van der Waals surface area contributed by atoms with Gasteiger partial charge < -0.3 is 19.3 Å². The Bertz CT molecular complexity index is 1580. The molecule has 0 saturated carbocycles. The number of halogens is 1. The van der Waals surface area contributed by atoms with Crippen molar-refractivity contribution in [3.63, 3.8) is 0 Å². The first-order chi connectivity index (χ1) is 17.9. The highest BCUT2D eigenvalue weighted by Gasteiger charge is 2.48. The molecule has 1 fully saturated rings. The van der Waals surface area contributed by atoms with Crippen molar-refractivity contribution in [3.8, 4) is 17.2 Å². The van der Waals surface area contributed by atoms with Crippen molar-refractivity contribution in [2.75, 3.05) is 26.2 Å². The predicted octanol–water partition coefficient (Wildman–Crippen LogP) is 5.09. The molecule has 1 atom stereocenters. The first-order valence-corrected chi connectivity index (χ1v) is 11.9. The zero-order valence-corrected chi connectivity index (χ0v) is 20.8. The normalized spacial score (nSPS) is 16.9. The van der Waals surface area contributed by atoms with Crippen molar-refractivity contribution in [1.29, 1.82) is 0 Å². The third-order valence-electron chi connectivity index (χ3n) is 6.06. The fraction of sp³-hybridized carbons (Fsp3) is 0.148. The third kappa shape index (κ3) is 4.15. The summed E-state index contributed by atoms with van der Waals surface area (Å²) >= 11 is 1.07. The number of aliphatic hydroxyl groups is 1. The summed E-state index contributed by atoms with van der Waals surface area (Å²) in [5, 5.41) is 11.5. The molecule has 3 aromatic carbocycles. The van der Waals surface area contributed by atoms with E-state index >= 15 is 0 Å². The number of amides is 1. The van der Waals surface area contributed by atoms with Gasteiger partial charge in [0.05, 0.1) is 43.2 Å². The molecule has 8 nitrogen and oxygen atoms in total. The molecule has 1 saturated heterocycles. The number of aromatic nitrogens is 1. The molecule has 5 rings (SSSR count). The lowest BCUT2D eigenvalue weighted by atomic mass is 9.95. The van der Waals surface area contributed by atoms with Gasteiger partial charge >= 0.3 is 5.91 Å². The number of hydrogen-bond acceptors (Lipinski definition) is 8. The van der Waals surface area contributed by atoms with Gasteiger partial charge in [0, 0.05) is 5.56 Å². The number of Topliss-reactive ketones (excluding diaryl/α,β-unsaturated/α-hetero) is 1. The number of rotatable bonds is 6. The molecule has 1 aliphatic rings. The zero-order chi connectivity index (χ0) is 26.3. The molecule has 1 unspecified atom stereocenters. The highest BCUT2D eigenvalue weighted by Crippen LogP contribution is 2.46. The molecule has 188 valence electrons. The number of nitrogens with zero attached hydrogens (tertiary/aromatic N) is 2. The second-order valence-corrected chi connectivity index (χ2v) is 9.13. The number of aliphatic hydroxyl groups excluding tert-OH is 1. The Balaban J connectivity index is 1.75. The third-order valence-corrected chi connectivity index (χ3v) is 7.07. The lowest BCUT2D eigenvalue weighted by Crippen LogP contribution is -2.29. The van der Waals surface area contributed by atoms with E-state index in [0.29, 0.717) is 38.6 Å². The molecule has 2 heterocycles. The predicted molar refractivity (Wildman–Crippen MR) is 137 cm³/mol. The molecule has 1 amide bonds. The lowest BCUT2D eigenvalue weighted by molar-refractivity contribution is -0.132. The van der Waals surface area contributed by atoms with Crippen LogP contribution in [0.25, 0.3) is 16.0 Å². The van der Waals surface area contributed by atoms with Crippen LogP contribution >= 0.6 is 11.3 Å². The molecule has 1 aliphatic heterocycles. The molecule has 4 aromatic rings. The monoisotopic (exact) mass is 520 g/mol. The van der Waals surface area contributed by atoms with Crippen molar-refractivity contribution < 1.29 is 33.3 Å². The number of benzene rings is 3. The maximum Gasteiger partial charge on any atom is 0.301 e. The van der Waals surface area contributed by atoms with Gasteiger partial charge in [-0.1, -0.05) is 29.5 Å². The van der Waals surface area contributed by atoms with E-state index in [1.165, 1.54) is 44.4 Å². The van der Waals surface area contributed by atoms with Gasteiger partial charge in [-0.25, -0.2) is 9.37 Å². The molecule has 10 heteroatoms. The highest BCUT2D eigenvalue weighted by molar-refractivity contribution is 7.22.